The van der Waals surface area contributed by atoms with Crippen LogP contribution in [0.1, 0.15) is 11.1 Å². The summed E-state index contributed by atoms with van der Waals surface area (Å²) in [5.41, 5.74) is 2.82. The van der Waals surface area contributed by atoms with Crippen molar-refractivity contribution in [1.82, 2.24) is 0 Å². The Morgan fingerprint density at radius 3 is 2.26 bits per heavy atom. The monoisotopic (exact) mass is 452 g/mol. The number of hydrogen-bond acceptors (Lipinski definition) is 4. The summed E-state index contributed by atoms with van der Waals surface area (Å²) in [6.45, 7) is 1.89. The molecular formula is C24H18Cl2N2O3. The molecule has 0 saturated carbocycles. The van der Waals surface area contributed by atoms with Crippen LogP contribution in [0.2, 0.25) is 10.0 Å². The van der Waals surface area contributed by atoms with Gasteiger partial charge in [-0.15, -0.1) is 0 Å². The number of ether oxygens (including phenoxy) is 1. The van der Waals surface area contributed by atoms with E-state index in [1.807, 2.05) is 31.2 Å². The number of carbonyl (C=O) groups excluding carboxylic acids is 2. The molecule has 0 bridgehead atoms. The fourth-order valence-corrected chi connectivity index (χ4v) is 3.78. The first-order chi connectivity index (χ1) is 14.9. The number of methoxy groups -OCH3 is 1. The van der Waals surface area contributed by atoms with Crippen molar-refractivity contribution in [3.63, 3.8) is 0 Å². The zero-order chi connectivity index (χ0) is 22.1. The molecule has 0 radical (unpaired) electrons. The van der Waals surface area contributed by atoms with E-state index < -0.39 is 11.8 Å². The predicted molar refractivity (Wildman–Crippen MR) is 124 cm³/mol. The largest absolute Gasteiger partial charge is 0.495 e. The lowest BCUT2D eigenvalue weighted by Crippen LogP contribution is -2.32. The first kappa shape index (κ1) is 21.0. The number of anilines is 2. The summed E-state index contributed by atoms with van der Waals surface area (Å²) in [7, 11) is 1.47. The molecule has 4 rings (SSSR count). The van der Waals surface area contributed by atoms with E-state index in [1.54, 1.807) is 36.4 Å². The van der Waals surface area contributed by atoms with E-state index >= 15 is 0 Å². The summed E-state index contributed by atoms with van der Waals surface area (Å²) in [5, 5.41) is 4.03. The fraction of sp³-hybridized carbons (Fsp3) is 0.0833. The highest BCUT2D eigenvalue weighted by Crippen LogP contribution is 2.39. The Labute approximate surface area is 189 Å². The summed E-state index contributed by atoms with van der Waals surface area (Å²) < 4.78 is 5.38. The molecule has 0 aromatic heterocycles. The molecular weight excluding hydrogens is 435 g/mol. The Morgan fingerprint density at radius 1 is 0.871 bits per heavy atom. The first-order valence-electron chi connectivity index (χ1n) is 9.46. The Morgan fingerprint density at radius 2 is 1.55 bits per heavy atom. The quantitative estimate of drug-likeness (QED) is 0.503. The number of imide groups is 1. The lowest BCUT2D eigenvalue weighted by molar-refractivity contribution is -0.120. The number of nitrogens with zero attached hydrogens (tertiary/aromatic N) is 1. The van der Waals surface area contributed by atoms with Gasteiger partial charge >= 0.3 is 0 Å². The van der Waals surface area contributed by atoms with Crippen LogP contribution in [0.15, 0.2) is 72.4 Å². The molecule has 0 unspecified atom stereocenters. The average molecular weight is 453 g/mol. The molecule has 31 heavy (non-hydrogen) atoms. The summed E-state index contributed by atoms with van der Waals surface area (Å²) in [6.07, 6.45) is 0. The zero-order valence-electron chi connectivity index (χ0n) is 16.8. The number of rotatable bonds is 5. The second-order valence-electron chi connectivity index (χ2n) is 6.96. The molecule has 0 spiro atoms. The van der Waals surface area contributed by atoms with Gasteiger partial charge < -0.3 is 10.1 Å². The van der Waals surface area contributed by atoms with Gasteiger partial charge in [-0.2, -0.15) is 0 Å². The predicted octanol–water partition coefficient (Wildman–Crippen LogP) is 5.71. The highest BCUT2D eigenvalue weighted by Gasteiger charge is 2.41. The molecule has 1 N–H and O–H groups in total. The van der Waals surface area contributed by atoms with E-state index in [2.05, 4.69) is 5.32 Å². The van der Waals surface area contributed by atoms with E-state index in [9.17, 15) is 9.59 Å². The zero-order valence-corrected chi connectivity index (χ0v) is 18.3. The van der Waals surface area contributed by atoms with Crippen LogP contribution in [0.25, 0.3) is 5.57 Å². The smallest absolute Gasteiger partial charge is 0.282 e. The lowest BCUT2D eigenvalue weighted by Gasteiger charge is -2.19. The van der Waals surface area contributed by atoms with Gasteiger partial charge in [-0.25, -0.2) is 4.90 Å². The van der Waals surface area contributed by atoms with Crippen LogP contribution in [0.3, 0.4) is 0 Å². The molecule has 3 aromatic carbocycles. The number of hydrogen-bond donors (Lipinski definition) is 1. The van der Waals surface area contributed by atoms with Crippen molar-refractivity contribution >= 4 is 52.0 Å². The number of halogens is 2. The van der Waals surface area contributed by atoms with Crippen molar-refractivity contribution in [1.29, 1.82) is 0 Å². The fourth-order valence-electron chi connectivity index (χ4n) is 3.44. The van der Waals surface area contributed by atoms with Gasteiger partial charge in [0, 0.05) is 15.7 Å². The molecule has 156 valence electrons. The third kappa shape index (κ3) is 3.90. The van der Waals surface area contributed by atoms with Crippen LogP contribution in [0.5, 0.6) is 5.75 Å². The Bertz CT molecular complexity index is 1220. The number of aryl methyl sites for hydroxylation is 1. The minimum absolute atomic E-state index is 0.156. The standard InChI is InChI=1S/C24H18Cl2N2O3/c1-14-8-9-16(25)12-18(14)27-22-21(15-6-4-3-5-7-15)23(29)28(24(22)30)19-13-17(26)10-11-20(19)31-2/h3-13,27H,1-2H3. The molecule has 0 fully saturated rings. The van der Waals surface area contributed by atoms with E-state index in [-0.39, 0.29) is 17.0 Å². The van der Waals surface area contributed by atoms with Crippen LogP contribution in [0, 0.1) is 6.92 Å². The van der Waals surface area contributed by atoms with Gasteiger partial charge in [-0.1, -0.05) is 59.6 Å². The topological polar surface area (TPSA) is 58.6 Å². The van der Waals surface area contributed by atoms with Crippen molar-refractivity contribution in [2.24, 2.45) is 0 Å². The third-order valence-corrected chi connectivity index (χ3v) is 5.46. The van der Waals surface area contributed by atoms with Gasteiger partial charge in [-0.05, 0) is 48.4 Å². The van der Waals surface area contributed by atoms with E-state index in [0.29, 0.717) is 27.0 Å². The maximum Gasteiger partial charge on any atom is 0.282 e. The molecule has 0 saturated heterocycles. The van der Waals surface area contributed by atoms with Crippen molar-refractivity contribution in [3.05, 3.63) is 93.6 Å². The van der Waals surface area contributed by atoms with E-state index in [0.717, 1.165) is 10.5 Å². The van der Waals surface area contributed by atoms with Crippen LogP contribution >= 0.6 is 23.2 Å². The molecule has 2 amide bonds. The second kappa shape index (κ2) is 8.46. The number of carbonyl (C=O) groups is 2. The number of benzene rings is 3. The third-order valence-electron chi connectivity index (χ3n) is 4.99. The summed E-state index contributed by atoms with van der Waals surface area (Å²) >= 11 is 12.3. The maximum absolute atomic E-state index is 13.5. The first-order valence-corrected chi connectivity index (χ1v) is 10.2. The number of nitrogens with one attached hydrogen (secondary N) is 1. The minimum atomic E-state index is -0.510. The van der Waals surface area contributed by atoms with Gasteiger partial charge in [0.1, 0.15) is 11.4 Å². The normalized spacial score (nSPS) is 13.7. The van der Waals surface area contributed by atoms with E-state index in [1.165, 1.54) is 13.2 Å². The summed E-state index contributed by atoms with van der Waals surface area (Å²) in [4.78, 5) is 28.1. The number of amides is 2. The van der Waals surface area contributed by atoms with Crippen molar-refractivity contribution < 1.29 is 14.3 Å². The molecule has 7 heteroatoms. The lowest BCUT2D eigenvalue weighted by atomic mass is 10.0. The molecule has 0 aliphatic carbocycles. The van der Waals surface area contributed by atoms with E-state index in [4.69, 9.17) is 27.9 Å². The van der Waals surface area contributed by atoms with Crippen molar-refractivity contribution in [2.75, 3.05) is 17.3 Å². The maximum atomic E-state index is 13.5. The van der Waals surface area contributed by atoms with Gasteiger partial charge in [0.05, 0.1) is 18.4 Å². The van der Waals surface area contributed by atoms with Crippen molar-refractivity contribution in [2.45, 2.75) is 6.92 Å². The summed E-state index contributed by atoms with van der Waals surface area (Å²) in [5.74, 6) is -0.624. The summed E-state index contributed by atoms with van der Waals surface area (Å²) in [6, 6.07) is 19.1. The SMILES string of the molecule is COc1ccc(Cl)cc1N1C(=O)C(Nc2cc(Cl)ccc2C)=C(c2ccccc2)C1=O. The van der Waals surface area contributed by atoms with Crippen LogP contribution in [-0.2, 0) is 9.59 Å². The Balaban J connectivity index is 1.87. The molecule has 1 heterocycles. The molecule has 3 aromatic rings. The van der Waals surface area contributed by atoms with Gasteiger partial charge in [-0.3, -0.25) is 9.59 Å². The molecule has 0 atom stereocenters. The molecule has 1 aliphatic heterocycles. The highest BCUT2D eigenvalue weighted by atomic mass is 35.5. The highest BCUT2D eigenvalue weighted by molar-refractivity contribution is 6.46. The average Bonchev–Trinajstić information content (AvgIpc) is 3.00. The van der Waals surface area contributed by atoms with Crippen molar-refractivity contribution in [3.8, 4) is 5.75 Å². The molecule has 1 aliphatic rings. The second-order valence-corrected chi connectivity index (χ2v) is 7.84. The van der Waals surface area contributed by atoms with Gasteiger partial charge in [0.2, 0.25) is 0 Å². The minimum Gasteiger partial charge on any atom is -0.495 e. The van der Waals surface area contributed by atoms with Crippen LogP contribution in [-0.4, -0.2) is 18.9 Å². The molecule has 5 nitrogen and oxygen atoms in total. The Kier molecular flexibility index (Phi) is 5.72. The van der Waals surface area contributed by atoms with Gasteiger partial charge in [0.15, 0.2) is 0 Å². The Hall–Kier alpha value is -3.28. The van der Waals surface area contributed by atoms with Crippen LogP contribution < -0.4 is 15.0 Å². The van der Waals surface area contributed by atoms with Crippen LogP contribution in [0.4, 0.5) is 11.4 Å². The van der Waals surface area contributed by atoms with Gasteiger partial charge in [0.25, 0.3) is 11.8 Å².